The van der Waals surface area contributed by atoms with Gasteiger partial charge in [-0.3, -0.25) is 19.8 Å². The van der Waals surface area contributed by atoms with E-state index < -0.39 is 11.8 Å². The van der Waals surface area contributed by atoms with Gasteiger partial charge in [0.05, 0.1) is 18.9 Å². The van der Waals surface area contributed by atoms with Gasteiger partial charge >= 0.3 is 0 Å². The molecule has 162 valence electrons. The van der Waals surface area contributed by atoms with Crippen LogP contribution in [0.4, 0.5) is 5.69 Å². The second-order valence-electron chi connectivity index (χ2n) is 6.66. The topological polar surface area (TPSA) is 67.9 Å². The van der Waals surface area contributed by atoms with Gasteiger partial charge in [-0.25, -0.2) is 0 Å². The Morgan fingerprint density at radius 3 is 2.23 bits per heavy atom. The predicted octanol–water partition coefficient (Wildman–Crippen LogP) is 4.64. The molecule has 0 atom stereocenters. The second-order valence-corrected chi connectivity index (χ2v) is 7.91. The van der Waals surface area contributed by atoms with Crippen LogP contribution < -0.4 is 19.7 Å². The summed E-state index contributed by atoms with van der Waals surface area (Å²) in [6, 6.07) is 11.0. The van der Waals surface area contributed by atoms with Crippen molar-refractivity contribution in [3.8, 4) is 11.5 Å². The molecule has 1 heterocycles. The quantitative estimate of drug-likeness (QED) is 0.339. The molecule has 2 aromatic carbocycles. The van der Waals surface area contributed by atoms with Crippen molar-refractivity contribution in [1.82, 2.24) is 5.32 Å². The summed E-state index contributed by atoms with van der Waals surface area (Å²) in [4.78, 5) is 27.2. The zero-order valence-electron chi connectivity index (χ0n) is 17.5. The summed E-state index contributed by atoms with van der Waals surface area (Å²) in [6.07, 6.45) is 2.41. The molecule has 0 aromatic heterocycles. The van der Waals surface area contributed by atoms with Crippen molar-refractivity contribution >= 4 is 56.8 Å². The lowest BCUT2D eigenvalue weighted by Gasteiger charge is -2.29. The van der Waals surface area contributed by atoms with Gasteiger partial charge in [-0.05, 0) is 74.0 Å². The largest absolute Gasteiger partial charge is 0.490 e. The molecule has 1 aliphatic heterocycles. The third-order valence-electron chi connectivity index (χ3n) is 4.67. The summed E-state index contributed by atoms with van der Waals surface area (Å²) in [5, 5.41) is 2.66. The highest BCUT2D eigenvalue weighted by Gasteiger charge is 2.34. The molecule has 1 saturated heterocycles. The van der Waals surface area contributed by atoms with E-state index in [9.17, 15) is 9.59 Å². The minimum absolute atomic E-state index is 0.0273. The molecule has 0 spiro atoms. The standard InChI is InChI=1S/C23H23BrN2O4S/c1-4-14-7-9-16(10-8-14)26-22(28)17(21(27)25-23(26)31)11-15-12-19(29-5-2)20(30-6-3)13-18(15)24/h7-13H,4-6H2,1-3H3,(H,25,27,31)/b17-11+. The molecule has 3 rings (SSSR count). The van der Waals surface area contributed by atoms with Gasteiger partial charge in [0, 0.05) is 4.47 Å². The van der Waals surface area contributed by atoms with Gasteiger partial charge in [0.1, 0.15) is 5.57 Å². The van der Waals surface area contributed by atoms with Gasteiger partial charge in [0.2, 0.25) is 0 Å². The van der Waals surface area contributed by atoms with E-state index in [1.807, 2.05) is 38.1 Å². The monoisotopic (exact) mass is 502 g/mol. The molecular formula is C23H23BrN2O4S. The fourth-order valence-corrected chi connectivity index (χ4v) is 3.84. The summed E-state index contributed by atoms with van der Waals surface area (Å²) >= 11 is 8.76. The van der Waals surface area contributed by atoms with Crippen LogP contribution in [0.15, 0.2) is 46.4 Å². The molecule has 2 amide bonds. The lowest BCUT2D eigenvalue weighted by atomic mass is 10.1. The smallest absolute Gasteiger partial charge is 0.270 e. The molecule has 0 saturated carbocycles. The predicted molar refractivity (Wildman–Crippen MR) is 129 cm³/mol. The Balaban J connectivity index is 2.02. The van der Waals surface area contributed by atoms with Crippen LogP contribution in [-0.4, -0.2) is 30.1 Å². The molecule has 1 fully saturated rings. The third kappa shape index (κ3) is 4.97. The summed E-state index contributed by atoms with van der Waals surface area (Å²) in [7, 11) is 0. The van der Waals surface area contributed by atoms with Crippen molar-refractivity contribution < 1.29 is 19.1 Å². The van der Waals surface area contributed by atoms with Crippen molar-refractivity contribution in [2.75, 3.05) is 18.1 Å². The Hall–Kier alpha value is -2.71. The lowest BCUT2D eigenvalue weighted by Crippen LogP contribution is -2.54. The number of amides is 2. The highest BCUT2D eigenvalue weighted by molar-refractivity contribution is 9.10. The number of anilines is 1. The van der Waals surface area contributed by atoms with Gasteiger partial charge in [-0.15, -0.1) is 0 Å². The van der Waals surface area contributed by atoms with Crippen molar-refractivity contribution in [3.05, 3.63) is 57.6 Å². The van der Waals surface area contributed by atoms with E-state index in [1.54, 1.807) is 12.1 Å². The molecule has 0 aliphatic carbocycles. The summed E-state index contributed by atoms with van der Waals surface area (Å²) in [5.74, 6) is 0.0779. The number of thiocarbonyl (C=S) groups is 1. The van der Waals surface area contributed by atoms with E-state index >= 15 is 0 Å². The number of carbonyl (C=O) groups excluding carboxylic acids is 2. The van der Waals surface area contributed by atoms with Crippen molar-refractivity contribution in [2.45, 2.75) is 27.2 Å². The number of halogens is 1. The fraction of sp³-hybridized carbons (Fsp3) is 0.261. The van der Waals surface area contributed by atoms with Crippen molar-refractivity contribution in [2.24, 2.45) is 0 Å². The van der Waals surface area contributed by atoms with E-state index in [2.05, 4.69) is 28.2 Å². The number of nitrogens with one attached hydrogen (secondary N) is 1. The van der Waals surface area contributed by atoms with Crippen LogP contribution in [-0.2, 0) is 16.0 Å². The minimum atomic E-state index is -0.546. The average Bonchev–Trinajstić information content (AvgIpc) is 2.74. The Bertz CT molecular complexity index is 1050. The minimum Gasteiger partial charge on any atom is -0.490 e. The van der Waals surface area contributed by atoms with Crippen LogP contribution in [0.2, 0.25) is 0 Å². The molecule has 1 aliphatic rings. The molecule has 1 N–H and O–H groups in total. The highest BCUT2D eigenvalue weighted by Crippen LogP contribution is 2.35. The van der Waals surface area contributed by atoms with Crippen LogP contribution in [0.25, 0.3) is 6.08 Å². The zero-order chi connectivity index (χ0) is 22.5. The maximum absolute atomic E-state index is 13.2. The van der Waals surface area contributed by atoms with Crippen LogP contribution in [0, 0.1) is 0 Å². The number of hydrogen-bond donors (Lipinski definition) is 1. The first-order valence-corrected chi connectivity index (χ1v) is 11.2. The fourth-order valence-electron chi connectivity index (χ4n) is 3.13. The maximum Gasteiger partial charge on any atom is 0.270 e. The number of rotatable bonds is 7. The van der Waals surface area contributed by atoms with Crippen molar-refractivity contribution in [1.29, 1.82) is 0 Å². The number of benzene rings is 2. The van der Waals surface area contributed by atoms with Crippen LogP contribution >= 0.6 is 28.1 Å². The highest BCUT2D eigenvalue weighted by atomic mass is 79.9. The first-order chi connectivity index (χ1) is 14.9. The molecule has 2 aromatic rings. The Morgan fingerprint density at radius 1 is 1.03 bits per heavy atom. The molecule has 0 unspecified atom stereocenters. The number of carbonyl (C=O) groups is 2. The Kier molecular flexibility index (Phi) is 7.46. The number of nitrogens with zero attached hydrogens (tertiary/aromatic N) is 1. The molecule has 0 bridgehead atoms. The maximum atomic E-state index is 13.2. The van der Waals surface area contributed by atoms with E-state index in [4.69, 9.17) is 21.7 Å². The molecule has 8 heteroatoms. The normalized spacial score (nSPS) is 15.3. The lowest BCUT2D eigenvalue weighted by molar-refractivity contribution is -0.122. The van der Waals surface area contributed by atoms with Crippen LogP contribution in [0.5, 0.6) is 11.5 Å². The van der Waals surface area contributed by atoms with E-state index in [0.717, 1.165) is 12.0 Å². The Morgan fingerprint density at radius 2 is 1.65 bits per heavy atom. The van der Waals surface area contributed by atoms with Gasteiger partial charge in [-0.1, -0.05) is 35.0 Å². The van der Waals surface area contributed by atoms with Gasteiger partial charge in [0.15, 0.2) is 16.6 Å². The number of aryl methyl sites for hydroxylation is 1. The van der Waals surface area contributed by atoms with Crippen molar-refractivity contribution in [3.63, 3.8) is 0 Å². The molecular weight excluding hydrogens is 480 g/mol. The van der Waals surface area contributed by atoms with E-state index in [1.165, 1.54) is 11.0 Å². The zero-order valence-corrected chi connectivity index (χ0v) is 19.9. The summed E-state index contributed by atoms with van der Waals surface area (Å²) < 4.78 is 11.9. The molecule has 0 radical (unpaired) electrons. The molecule has 31 heavy (non-hydrogen) atoms. The van der Waals surface area contributed by atoms with E-state index in [-0.39, 0.29) is 10.7 Å². The number of hydrogen-bond acceptors (Lipinski definition) is 5. The van der Waals surface area contributed by atoms with Gasteiger partial charge in [0.25, 0.3) is 11.8 Å². The first kappa shape index (κ1) is 23.0. The number of ether oxygens (including phenoxy) is 2. The SMILES string of the molecule is CCOc1cc(Br)c(/C=C2\C(=O)NC(=S)N(c3ccc(CC)cc3)C2=O)cc1OCC. The van der Waals surface area contributed by atoms with Gasteiger partial charge < -0.3 is 9.47 Å². The summed E-state index contributed by atoms with van der Waals surface area (Å²) in [6.45, 7) is 6.74. The third-order valence-corrected chi connectivity index (χ3v) is 5.64. The van der Waals surface area contributed by atoms with Gasteiger partial charge in [-0.2, -0.15) is 0 Å². The molecule has 6 nitrogen and oxygen atoms in total. The van der Waals surface area contributed by atoms with Crippen LogP contribution in [0.3, 0.4) is 0 Å². The second kappa shape index (κ2) is 10.1. The van der Waals surface area contributed by atoms with Crippen LogP contribution in [0.1, 0.15) is 31.9 Å². The average molecular weight is 503 g/mol. The first-order valence-electron chi connectivity index (χ1n) is 9.99. The summed E-state index contributed by atoms with van der Waals surface area (Å²) in [5.41, 5.74) is 2.32. The Labute approximate surface area is 195 Å². The van der Waals surface area contributed by atoms with E-state index in [0.29, 0.717) is 40.4 Å².